The predicted molar refractivity (Wildman–Crippen MR) is 70.2 cm³/mol. The number of hydrogen-bond donors (Lipinski definition) is 1. The van der Waals surface area contributed by atoms with Gasteiger partial charge in [0.2, 0.25) is 0 Å². The van der Waals surface area contributed by atoms with Gasteiger partial charge in [0.15, 0.2) is 0 Å². The Hall–Kier alpha value is -1.38. The van der Waals surface area contributed by atoms with Crippen LogP contribution in [0.1, 0.15) is 26.7 Å². The van der Waals surface area contributed by atoms with Crippen LogP contribution in [0.15, 0.2) is 18.2 Å². The molecule has 0 spiro atoms. The van der Waals surface area contributed by atoms with Crippen LogP contribution in [0.5, 0.6) is 5.75 Å². The first-order valence-corrected chi connectivity index (χ1v) is 5.93. The molecule has 0 aromatic heterocycles. The van der Waals surface area contributed by atoms with Gasteiger partial charge < -0.3 is 15.4 Å². The molecule has 0 saturated heterocycles. The number of hydrogen-bond acceptors (Lipinski definition) is 3. The van der Waals surface area contributed by atoms with Crippen LogP contribution < -0.4 is 15.4 Å². The highest BCUT2D eigenvalue weighted by molar-refractivity contribution is 5.73. The summed E-state index contributed by atoms with van der Waals surface area (Å²) in [7, 11) is 2.07. The van der Waals surface area contributed by atoms with E-state index < -0.39 is 0 Å². The highest BCUT2D eigenvalue weighted by Gasteiger charge is 2.08. The summed E-state index contributed by atoms with van der Waals surface area (Å²) >= 11 is 0. The standard InChI is InChI=1S/C13H22N2O/c1-4-6-10-15(3)11-8-7-9-12(13(11)14)16-5-2/h7-9H,4-6,10,14H2,1-3H3. The van der Waals surface area contributed by atoms with Crippen molar-refractivity contribution in [3.63, 3.8) is 0 Å². The second-order valence-electron chi connectivity index (χ2n) is 3.90. The van der Waals surface area contributed by atoms with Crippen LogP contribution in [0.4, 0.5) is 11.4 Å². The number of rotatable bonds is 6. The first-order valence-electron chi connectivity index (χ1n) is 5.93. The Kier molecular flexibility index (Phi) is 4.96. The number of para-hydroxylation sites is 1. The third-order valence-corrected chi connectivity index (χ3v) is 2.60. The van der Waals surface area contributed by atoms with Crippen LogP contribution >= 0.6 is 0 Å². The average Bonchev–Trinajstić information content (AvgIpc) is 2.29. The lowest BCUT2D eigenvalue weighted by atomic mass is 10.2. The number of nitrogen functional groups attached to an aromatic ring is 1. The highest BCUT2D eigenvalue weighted by Crippen LogP contribution is 2.31. The summed E-state index contributed by atoms with van der Waals surface area (Å²) in [6.45, 7) is 5.82. The third kappa shape index (κ3) is 3.05. The van der Waals surface area contributed by atoms with Gasteiger partial charge in [-0.05, 0) is 25.5 Å². The molecule has 0 bridgehead atoms. The van der Waals surface area contributed by atoms with Crippen molar-refractivity contribution in [2.75, 3.05) is 30.8 Å². The lowest BCUT2D eigenvalue weighted by Crippen LogP contribution is -2.19. The van der Waals surface area contributed by atoms with Gasteiger partial charge in [-0.2, -0.15) is 0 Å². The molecule has 1 rings (SSSR count). The summed E-state index contributed by atoms with van der Waals surface area (Å²) in [5.74, 6) is 0.781. The van der Waals surface area contributed by atoms with Crippen LogP contribution in [-0.4, -0.2) is 20.2 Å². The number of benzene rings is 1. The van der Waals surface area contributed by atoms with E-state index in [9.17, 15) is 0 Å². The van der Waals surface area contributed by atoms with E-state index >= 15 is 0 Å². The Bertz CT molecular complexity index is 326. The Morgan fingerprint density at radius 2 is 2.06 bits per heavy atom. The molecule has 1 aromatic rings. The van der Waals surface area contributed by atoms with Crippen LogP contribution in [0, 0.1) is 0 Å². The van der Waals surface area contributed by atoms with Crippen molar-refractivity contribution in [1.82, 2.24) is 0 Å². The summed E-state index contributed by atoms with van der Waals surface area (Å²) < 4.78 is 5.48. The van der Waals surface area contributed by atoms with Crippen molar-refractivity contribution in [1.29, 1.82) is 0 Å². The molecule has 2 N–H and O–H groups in total. The van der Waals surface area contributed by atoms with Gasteiger partial charge in [-0.15, -0.1) is 0 Å². The van der Waals surface area contributed by atoms with E-state index in [1.165, 1.54) is 12.8 Å². The minimum absolute atomic E-state index is 0.645. The molecule has 0 atom stereocenters. The van der Waals surface area contributed by atoms with E-state index in [1.807, 2.05) is 25.1 Å². The molecule has 16 heavy (non-hydrogen) atoms. The van der Waals surface area contributed by atoms with Crippen molar-refractivity contribution < 1.29 is 4.74 Å². The topological polar surface area (TPSA) is 38.5 Å². The van der Waals surface area contributed by atoms with Crippen LogP contribution in [0.2, 0.25) is 0 Å². The number of ether oxygens (including phenoxy) is 1. The summed E-state index contributed by atoms with van der Waals surface area (Å²) in [5, 5.41) is 0. The van der Waals surface area contributed by atoms with E-state index in [0.717, 1.165) is 23.7 Å². The Labute approximate surface area is 98.2 Å². The van der Waals surface area contributed by atoms with E-state index in [-0.39, 0.29) is 0 Å². The summed E-state index contributed by atoms with van der Waals surface area (Å²) in [6, 6.07) is 5.93. The summed E-state index contributed by atoms with van der Waals surface area (Å²) in [4.78, 5) is 2.18. The number of anilines is 2. The zero-order valence-corrected chi connectivity index (χ0v) is 10.5. The molecule has 0 radical (unpaired) electrons. The van der Waals surface area contributed by atoms with Crippen molar-refractivity contribution in [3.05, 3.63) is 18.2 Å². The van der Waals surface area contributed by atoms with Gasteiger partial charge >= 0.3 is 0 Å². The summed E-state index contributed by atoms with van der Waals surface area (Å²) in [5.41, 5.74) is 7.87. The molecule has 0 amide bonds. The fraction of sp³-hybridized carbons (Fsp3) is 0.538. The van der Waals surface area contributed by atoms with Gasteiger partial charge in [0, 0.05) is 13.6 Å². The fourth-order valence-electron chi connectivity index (χ4n) is 1.66. The predicted octanol–water partition coefficient (Wildman–Crippen LogP) is 2.90. The molecule has 3 heteroatoms. The van der Waals surface area contributed by atoms with Crippen molar-refractivity contribution in [2.45, 2.75) is 26.7 Å². The van der Waals surface area contributed by atoms with Crippen molar-refractivity contribution in [3.8, 4) is 5.75 Å². The quantitative estimate of drug-likeness (QED) is 0.752. The lowest BCUT2D eigenvalue weighted by molar-refractivity contribution is 0.342. The van der Waals surface area contributed by atoms with Gasteiger partial charge in [0.1, 0.15) is 5.75 Å². The monoisotopic (exact) mass is 222 g/mol. The Balaban J connectivity index is 2.82. The minimum atomic E-state index is 0.645. The zero-order chi connectivity index (χ0) is 12.0. The molecule has 0 aliphatic carbocycles. The maximum Gasteiger partial charge on any atom is 0.144 e. The molecule has 90 valence electrons. The van der Waals surface area contributed by atoms with Crippen LogP contribution in [0.3, 0.4) is 0 Å². The molecule has 0 unspecified atom stereocenters. The van der Waals surface area contributed by atoms with Crippen molar-refractivity contribution in [2.24, 2.45) is 0 Å². The number of nitrogens with zero attached hydrogens (tertiary/aromatic N) is 1. The van der Waals surface area contributed by atoms with Crippen LogP contribution in [-0.2, 0) is 0 Å². The van der Waals surface area contributed by atoms with Gasteiger partial charge in [-0.1, -0.05) is 19.4 Å². The van der Waals surface area contributed by atoms with Gasteiger partial charge in [-0.25, -0.2) is 0 Å². The Morgan fingerprint density at radius 3 is 2.69 bits per heavy atom. The van der Waals surface area contributed by atoms with Gasteiger partial charge in [0.25, 0.3) is 0 Å². The molecule has 0 aliphatic rings. The molecular weight excluding hydrogens is 200 g/mol. The first kappa shape index (κ1) is 12.7. The maximum absolute atomic E-state index is 6.08. The first-order chi connectivity index (χ1) is 7.70. The lowest BCUT2D eigenvalue weighted by Gasteiger charge is -2.22. The molecule has 3 nitrogen and oxygen atoms in total. The average molecular weight is 222 g/mol. The number of unbranched alkanes of at least 4 members (excludes halogenated alkanes) is 1. The molecule has 0 saturated carbocycles. The SMILES string of the molecule is CCCCN(C)c1cccc(OCC)c1N. The normalized spacial score (nSPS) is 10.2. The van der Waals surface area contributed by atoms with Gasteiger partial charge in [-0.3, -0.25) is 0 Å². The second-order valence-corrected chi connectivity index (χ2v) is 3.90. The second kappa shape index (κ2) is 6.26. The number of nitrogens with two attached hydrogens (primary N) is 1. The van der Waals surface area contributed by atoms with Gasteiger partial charge in [0.05, 0.1) is 18.0 Å². The molecule has 0 aliphatic heterocycles. The summed E-state index contributed by atoms with van der Waals surface area (Å²) in [6.07, 6.45) is 2.37. The van der Waals surface area contributed by atoms with E-state index in [4.69, 9.17) is 10.5 Å². The van der Waals surface area contributed by atoms with Crippen molar-refractivity contribution >= 4 is 11.4 Å². The minimum Gasteiger partial charge on any atom is -0.492 e. The van der Waals surface area contributed by atoms with Crippen LogP contribution in [0.25, 0.3) is 0 Å². The highest BCUT2D eigenvalue weighted by atomic mass is 16.5. The molecule has 0 fully saturated rings. The fourth-order valence-corrected chi connectivity index (χ4v) is 1.66. The molecular formula is C13H22N2O. The van der Waals surface area contributed by atoms with E-state index in [0.29, 0.717) is 6.61 Å². The molecule has 0 heterocycles. The largest absolute Gasteiger partial charge is 0.492 e. The van der Waals surface area contributed by atoms with E-state index in [2.05, 4.69) is 18.9 Å². The molecule has 1 aromatic carbocycles. The Morgan fingerprint density at radius 1 is 1.31 bits per heavy atom. The zero-order valence-electron chi connectivity index (χ0n) is 10.5. The maximum atomic E-state index is 6.08. The smallest absolute Gasteiger partial charge is 0.144 e. The third-order valence-electron chi connectivity index (χ3n) is 2.60. The van der Waals surface area contributed by atoms with E-state index in [1.54, 1.807) is 0 Å².